The van der Waals surface area contributed by atoms with E-state index in [0.29, 0.717) is 23.0 Å². The standard InChI is InChI=1S/C17H20N2O3S/c1-3-22-13-7-6-12(10-14(13)21-2)11-15-16(20)18-17(23-15)19-8-4-5-9-19/h6-7,10-11H,3-5,8-9H2,1-2H3. The van der Waals surface area contributed by atoms with Crippen LogP contribution in [0.15, 0.2) is 28.1 Å². The Labute approximate surface area is 140 Å². The molecule has 0 N–H and O–H groups in total. The second-order valence-corrected chi connectivity index (χ2v) is 6.36. The van der Waals surface area contributed by atoms with Gasteiger partial charge in [0.1, 0.15) is 0 Å². The van der Waals surface area contributed by atoms with Crippen molar-refractivity contribution in [2.45, 2.75) is 19.8 Å². The Morgan fingerprint density at radius 3 is 2.78 bits per heavy atom. The third-order valence-electron chi connectivity index (χ3n) is 3.77. The van der Waals surface area contributed by atoms with Crippen LogP contribution >= 0.6 is 11.8 Å². The van der Waals surface area contributed by atoms with Gasteiger partial charge in [-0.25, -0.2) is 0 Å². The topological polar surface area (TPSA) is 51.1 Å². The van der Waals surface area contributed by atoms with Crippen LogP contribution in [0.1, 0.15) is 25.3 Å². The third kappa shape index (κ3) is 3.52. The van der Waals surface area contributed by atoms with Crippen molar-refractivity contribution in [1.29, 1.82) is 0 Å². The number of amidine groups is 1. The van der Waals surface area contributed by atoms with Crippen molar-refractivity contribution in [1.82, 2.24) is 4.90 Å². The average molecular weight is 332 g/mol. The lowest BCUT2D eigenvalue weighted by atomic mass is 10.2. The first kappa shape index (κ1) is 15.9. The van der Waals surface area contributed by atoms with Crippen LogP contribution in [0.5, 0.6) is 11.5 Å². The molecule has 5 nitrogen and oxygen atoms in total. The van der Waals surface area contributed by atoms with Crippen molar-refractivity contribution in [3.63, 3.8) is 0 Å². The number of carbonyl (C=O) groups excluding carboxylic acids is 1. The zero-order valence-electron chi connectivity index (χ0n) is 13.4. The molecule has 1 aromatic carbocycles. The summed E-state index contributed by atoms with van der Waals surface area (Å²) in [4.78, 5) is 19.1. The molecule has 2 aliphatic heterocycles. The number of hydrogen-bond donors (Lipinski definition) is 0. The molecule has 0 aliphatic carbocycles. The van der Waals surface area contributed by atoms with Gasteiger partial charge in [-0.3, -0.25) is 4.79 Å². The van der Waals surface area contributed by atoms with Crippen molar-refractivity contribution >= 4 is 28.9 Å². The molecule has 0 saturated carbocycles. The minimum Gasteiger partial charge on any atom is -0.493 e. The van der Waals surface area contributed by atoms with Crippen LogP contribution in [0.25, 0.3) is 6.08 Å². The molecule has 0 atom stereocenters. The molecule has 0 aromatic heterocycles. The molecule has 0 unspecified atom stereocenters. The lowest BCUT2D eigenvalue weighted by molar-refractivity contribution is -0.113. The van der Waals surface area contributed by atoms with E-state index in [1.54, 1.807) is 7.11 Å². The number of hydrogen-bond acceptors (Lipinski definition) is 5. The van der Waals surface area contributed by atoms with Crippen LogP contribution < -0.4 is 9.47 Å². The van der Waals surface area contributed by atoms with Crippen molar-refractivity contribution < 1.29 is 14.3 Å². The van der Waals surface area contributed by atoms with Crippen LogP contribution in [-0.4, -0.2) is 42.8 Å². The third-order valence-corrected chi connectivity index (χ3v) is 4.82. The van der Waals surface area contributed by atoms with Crippen LogP contribution in [0.2, 0.25) is 0 Å². The number of carbonyl (C=O) groups is 1. The predicted octanol–water partition coefficient (Wildman–Crippen LogP) is 3.16. The summed E-state index contributed by atoms with van der Waals surface area (Å²) in [6, 6.07) is 5.66. The predicted molar refractivity (Wildman–Crippen MR) is 93.0 cm³/mol. The first-order chi connectivity index (χ1) is 11.2. The van der Waals surface area contributed by atoms with Crippen molar-refractivity contribution in [3.8, 4) is 11.5 Å². The second-order valence-electron chi connectivity index (χ2n) is 5.35. The molecule has 23 heavy (non-hydrogen) atoms. The summed E-state index contributed by atoms with van der Waals surface area (Å²) in [5.74, 6) is 1.21. The molecule has 122 valence electrons. The Kier molecular flexibility index (Phi) is 4.91. The van der Waals surface area contributed by atoms with Gasteiger partial charge in [0, 0.05) is 13.1 Å². The highest BCUT2D eigenvalue weighted by Crippen LogP contribution is 2.34. The van der Waals surface area contributed by atoms with E-state index in [1.165, 1.54) is 24.6 Å². The first-order valence-corrected chi connectivity index (χ1v) is 8.61. The van der Waals surface area contributed by atoms with Crippen LogP contribution in [0.3, 0.4) is 0 Å². The number of likely N-dealkylation sites (tertiary alicyclic amines) is 1. The van der Waals surface area contributed by atoms with Crippen molar-refractivity contribution in [2.24, 2.45) is 4.99 Å². The van der Waals surface area contributed by atoms with Gasteiger partial charge in [-0.2, -0.15) is 4.99 Å². The molecule has 1 fully saturated rings. The number of nitrogens with zero attached hydrogens (tertiary/aromatic N) is 2. The quantitative estimate of drug-likeness (QED) is 0.793. The monoisotopic (exact) mass is 332 g/mol. The zero-order valence-corrected chi connectivity index (χ0v) is 14.2. The summed E-state index contributed by atoms with van der Waals surface area (Å²) in [5.41, 5.74) is 0.902. The maximum Gasteiger partial charge on any atom is 0.286 e. The zero-order chi connectivity index (χ0) is 16.2. The average Bonchev–Trinajstić information content (AvgIpc) is 3.19. The number of benzene rings is 1. The summed E-state index contributed by atoms with van der Waals surface area (Å²) >= 11 is 1.45. The molecule has 1 saturated heterocycles. The van der Waals surface area contributed by atoms with E-state index in [4.69, 9.17) is 9.47 Å². The lowest BCUT2D eigenvalue weighted by Gasteiger charge is -2.14. The number of amides is 1. The van der Waals surface area contributed by atoms with E-state index in [1.807, 2.05) is 31.2 Å². The summed E-state index contributed by atoms with van der Waals surface area (Å²) in [6.45, 7) is 4.49. The fraction of sp³-hybridized carbons (Fsp3) is 0.412. The number of rotatable bonds is 4. The van der Waals surface area contributed by atoms with Crippen LogP contribution in [0, 0.1) is 0 Å². The van der Waals surface area contributed by atoms with Crippen LogP contribution in [0.4, 0.5) is 0 Å². The van der Waals surface area contributed by atoms with Crippen LogP contribution in [-0.2, 0) is 4.79 Å². The molecule has 2 heterocycles. The van der Waals surface area contributed by atoms with Gasteiger partial charge in [-0.15, -0.1) is 0 Å². The van der Waals surface area contributed by atoms with E-state index in [2.05, 4.69) is 9.89 Å². The molecule has 6 heteroatoms. The van der Waals surface area contributed by atoms with Gasteiger partial charge in [0.2, 0.25) is 0 Å². The van der Waals surface area contributed by atoms with Gasteiger partial charge in [0.15, 0.2) is 16.7 Å². The molecule has 1 aromatic rings. The maximum atomic E-state index is 12.1. The Hall–Kier alpha value is -1.95. The fourth-order valence-corrected chi connectivity index (χ4v) is 3.61. The van der Waals surface area contributed by atoms with E-state index in [9.17, 15) is 4.79 Å². The molecule has 3 rings (SSSR count). The lowest BCUT2D eigenvalue weighted by Crippen LogP contribution is -2.23. The Morgan fingerprint density at radius 2 is 2.09 bits per heavy atom. The normalized spacial score (nSPS) is 19.4. The molecule has 0 bridgehead atoms. The minimum absolute atomic E-state index is 0.162. The first-order valence-electron chi connectivity index (χ1n) is 7.79. The maximum absolute atomic E-state index is 12.1. The summed E-state index contributed by atoms with van der Waals surface area (Å²) in [5, 5.41) is 0.830. The Balaban J connectivity index is 1.78. The molecular weight excluding hydrogens is 312 g/mol. The highest BCUT2D eigenvalue weighted by Gasteiger charge is 2.27. The number of ether oxygens (including phenoxy) is 2. The number of thioether (sulfide) groups is 1. The number of aliphatic imine (C=N–C) groups is 1. The molecular formula is C17H20N2O3S. The van der Waals surface area contributed by atoms with E-state index in [-0.39, 0.29) is 5.91 Å². The highest BCUT2D eigenvalue weighted by molar-refractivity contribution is 8.18. The Bertz CT molecular complexity index is 664. The largest absolute Gasteiger partial charge is 0.493 e. The molecule has 0 radical (unpaired) electrons. The second kappa shape index (κ2) is 7.08. The Morgan fingerprint density at radius 1 is 1.30 bits per heavy atom. The number of methoxy groups -OCH3 is 1. The van der Waals surface area contributed by atoms with Gasteiger partial charge in [-0.1, -0.05) is 6.07 Å². The van der Waals surface area contributed by atoms with E-state index < -0.39 is 0 Å². The summed E-state index contributed by atoms with van der Waals surface area (Å²) in [7, 11) is 1.61. The van der Waals surface area contributed by atoms with Gasteiger partial charge >= 0.3 is 0 Å². The van der Waals surface area contributed by atoms with E-state index >= 15 is 0 Å². The highest BCUT2D eigenvalue weighted by atomic mass is 32.2. The van der Waals surface area contributed by atoms with Gasteiger partial charge in [0.25, 0.3) is 5.91 Å². The van der Waals surface area contributed by atoms with E-state index in [0.717, 1.165) is 23.8 Å². The van der Waals surface area contributed by atoms with Crippen molar-refractivity contribution in [3.05, 3.63) is 28.7 Å². The molecule has 2 aliphatic rings. The van der Waals surface area contributed by atoms with Gasteiger partial charge < -0.3 is 14.4 Å². The van der Waals surface area contributed by atoms with Gasteiger partial charge in [-0.05, 0) is 55.3 Å². The van der Waals surface area contributed by atoms with Gasteiger partial charge in [0.05, 0.1) is 18.6 Å². The molecule has 1 amide bonds. The smallest absolute Gasteiger partial charge is 0.286 e. The minimum atomic E-state index is -0.162. The summed E-state index contributed by atoms with van der Waals surface area (Å²) < 4.78 is 10.9. The fourth-order valence-electron chi connectivity index (χ4n) is 2.64. The van der Waals surface area contributed by atoms with Crippen molar-refractivity contribution in [2.75, 3.05) is 26.8 Å². The summed E-state index contributed by atoms with van der Waals surface area (Å²) in [6.07, 6.45) is 4.20. The SMILES string of the molecule is CCOc1ccc(C=C2SC(N3CCCC3)=NC2=O)cc1OC. The molecule has 0 spiro atoms.